The quantitative estimate of drug-likeness (QED) is 0.417. The van der Waals surface area contributed by atoms with E-state index in [0.717, 1.165) is 37.3 Å². The molecule has 0 bridgehead atoms. The highest BCUT2D eigenvalue weighted by atomic mass is 28.3. The maximum absolute atomic E-state index is 12.2. The molecule has 35 heavy (non-hydrogen) atoms. The predicted octanol–water partition coefficient (Wildman–Crippen LogP) is 5.49. The lowest BCUT2D eigenvalue weighted by Crippen LogP contribution is -2.50. The van der Waals surface area contributed by atoms with Crippen molar-refractivity contribution in [2.24, 2.45) is 0 Å². The van der Waals surface area contributed by atoms with Crippen molar-refractivity contribution in [3.8, 4) is 0 Å². The van der Waals surface area contributed by atoms with Gasteiger partial charge in [-0.2, -0.15) is 0 Å². The summed E-state index contributed by atoms with van der Waals surface area (Å²) >= 11 is 0. The predicted molar refractivity (Wildman–Crippen MR) is 150 cm³/mol. The van der Waals surface area contributed by atoms with E-state index >= 15 is 0 Å². The van der Waals surface area contributed by atoms with E-state index in [0.29, 0.717) is 5.56 Å². The van der Waals surface area contributed by atoms with Crippen molar-refractivity contribution < 1.29 is 14.5 Å². The molecule has 4 nitrogen and oxygen atoms in total. The summed E-state index contributed by atoms with van der Waals surface area (Å²) < 4.78 is 2.39. The summed E-state index contributed by atoms with van der Waals surface area (Å²) in [4.78, 5) is 14.6. The molecule has 0 fully saturated rings. The molecule has 182 valence electrons. The lowest BCUT2D eigenvalue weighted by molar-refractivity contribution is -0.519. The van der Waals surface area contributed by atoms with Crippen LogP contribution >= 0.6 is 0 Å². The van der Waals surface area contributed by atoms with Gasteiger partial charge in [0.2, 0.25) is 0 Å². The molecule has 1 aliphatic heterocycles. The zero-order valence-electron chi connectivity index (χ0n) is 21.9. The molecular weight excluding hydrogens is 448 g/mol. The molecule has 2 aromatic carbocycles. The highest BCUT2D eigenvalue weighted by molar-refractivity contribution is 6.98. The molecule has 1 N–H and O–H groups in total. The fourth-order valence-electron chi connectivity index (χ4n) is 5.57. The molecular formula is C30H37N2O2Si+. The van der Waals surface area contributed by atoms with Crippen molar-refractivity contribution >= 4 is 36.2 Å². The lowest BCUT2D eigenvalue weighted by atomic mass is 9.87. The van der Waals surface area contributed by atoms with Gasteiger partial charge < -0.3 is 10.0 Å². The van der Waals surface area contributed by atoms with Gasteiger partial charge in [-0.1, -0.05) is 37.4 Å². The molecule has 0 atom stereocenters. The van der Waals surface area contributed by atoms with Crippen molar-refractivity contribution in [3.05, 3.63) is 88.2 Å². The number of hydrogen-bond donors (Lipinski definition) is 1. The van der Waals surface area contributed by atoms with Gasteiger partial charge in [0.25, 0.3) is 0 Å². The summed E-state index contributed by atoms with van der Waals surface area (Å²) in [5, 5.41) is 12.8. The third-order valence-electron chi connectivity index (χ3n) is 7.58. The average Bonchev–Trinajstić information content (AvgIpc) is 2.86. The first kappa shape index (κ1) is 24.9. The first-order valence-electron chi connectivity index (χ1n) is 12.8. The van der Waals surface area contributed by atoms with Crippen molar-refractivity contribution in [1.29, 1.82) is 0 Å². The van der Waals surface area contributed by atoms with E-state index < -0.39 is 14.0 Å². The fraction of sp³-hybridized carbons (Fsp3) is 0.333. The van der Waals surface area contributed by atoms with E-state index in [2.05, 4.69) is 86.7 Å². The minimum absolute atomic E-state index is 0.349. The topological polar surface area (TPSA) is 43.5 Å². The van der Waals surface area contributed by atoms with Crippen LogP contribution in [0.4, 0.5) is 5.69 Å². The Kier molecular flexibility index (Phi) is 6.99. The number of rotatable bonds is 7. The second kappa shape index (κ2) is 9.82. The van der Waals surface area contributed by atoms with E-state index in [1.54, 1.807) is 6.07 Å². The lowest BCUT2D eigenvalue weighted by Gasteiger charge is -2.38. The SMILES string of the molecule is CCN(CC)c1ccc2c(c1)[Si](C)(C)C1=CC(=[N+](CC)CC)C=CC1=C2c1ccccc1C(=O)O. The summed E-state index contributed by atoms with van der Waals surface area (Å²) in [6.07, 6.45) is 6.81. The molecule has 2 aliphatic rings. The molecule has 0 unspecified atom stereocenters. The van der Waals surface area contributed by atoms with E-state index in [4.69, 9.17) is 0 Å². The van der Waals surface area contributed by atoms with Gasteiger partial charge in [0.1, 0.15) is 21.2 Å². The number of nitrogens with zero attached hydrogens (tertiary/aromatic N) is 2. The van der Waals surface area contributed by atoms with Gasteiger partial charge >= 0.3 is 5.97 Å². The van der Waals surface area contributed by atoms with Crippen molar-refractivity contribution in [3.63, 3.8) is 0 Å². The van der Waals surface area contributed by atoms with Gasteiger partial charge in [-0.25, -0.2) is 9.37 Å². The van der Waals surface area contributed by atoms with Crippen LogP contribution in [0.15, 0.2) is 71.5 Å². The van der Waals surface area contributed by atoms with Crippen LogP contribution in [0.2, 0.25) is 13.1 Å². The van der Waals surface area contributed by atoms with Crippen LogP contribution in [0.3, 0.4) is 0 Å². The monoisotopic (exact) mass is 485 g/mol. The summed E-state index contributed by atoms with van der Waals surface area (Å²) in [5.41, 5.74) is 7.01. The molecule has 0 spiro atoms. The van der Waals surface area contributed by atoms with E-state index in [9.17, 15) is 9.90 Å². The average molecular weight is 486 g/mol. The van der Waals surface area contributed by atoms with Gasteiger partial charge in [0.15, 0.2) is 5.71 Å². The van der Waals surface area contributed by atoms with Crippen LogP contribution in [-0.4, -0.2) is 55.6 Å². The molecule has 0 saturated carbocycles. The van der Waals surface area contributed by atoms with Crippen molar-refractivity contribution in [2.75, 3.05) is 31.1 Å². The fourth-order valence-corrected chi connectivity index (χ4v) is 8.64. The highest BCUT2D eigenvalue weighted by Gasteiger charge is 2.41. The highest BCUT2D eigenvalue weighted by Crippen LogP contribution is 2.42. The number of hydrogen-bond acceptors (Lipinski definition) is 2. The minimum Gasteiger partial charge on any atom is -0.478 e. The zero-order chi connectivity index (χ0) is 25.3. The Labute approximate surface area is 210 Å². The third-order valence-corrected chi connectivity index (χ3v) is 11.1. The van der Waals surface area contributed by atoms with Crippen LogP contribution < -0.4 is 10.1 Å². The van der Waals surface area contributed by atoms with Gasteiger partial charge in [-0.05, 0) is 84.6 Å². The number of allylic oxidation sites excluding steroid dienone is 5. The first-order valence-corrected chi connectivity index (χ1v) is 15.8. The Morgan fingerprint density at radius 3 is 2.26 bits per heavy atom. The third kappa shape index (κ3) is 4.23. The molecule has 4 rings (SSSR count). The Bertz CT molecular complexity index is 1290. The van der Waals surface area contributed by atoms with Crippen LogP contribution in [0, 0.1) is 0 Å². The van der Waals surface area contributed by atoms with Gasteiger partial charge in [0, 0.05) is 30.9 Å². The molecule has 0 saturated heterocycles. The second-order valence-corrected chi connectivity index (χ2v) is 14.0. The maximum atomic E-state index is 12.2. The van der Waals surface area contributed by atoms with Crippen LogP contribution in [0.5, 0.6) is 0 Å². The van der Waals surface area contributed by atoms with Crippen molar-refractivity contribution in [2.45, 2.75) is 40.8 Å². The standard InChI is InChI=1S/C30H36N2O2Si/c1-7-31(8-2)21-15-17-25-27(19-21)35(5,6)28-20-22(32(9-3)10-4)16-18-26(28)29(25)23-13-11-12-14-24(23)30(33)34/h11-20H,7-10H2,1-6H3/p+1. The van der Waals surface area contributed by atoms with Crippen LogP contribution in [-0.2, 0) is 0 Å². The molecule has 1 heterocycles. The summed E-state index contributed by atoms with van der Waals surface area (Å²) in [5.74, 6) is -0.891. The van der Waals surface area contributed by atoms with E-state index in [-0.39, 0.29) is 0 Å². The number of aromatic carboxylic acids is 1. The Morgan fingerprint density at radius 2 is 1.63 bits per heavy atom. The zero-order valence-corrected chi connectivity index (χ0v) is 22.9. The van der Waals surface area contributed by atoms with Gasteiger partial charge in [0.05, 0.1) is 5.56 Å². The number of anilines is 1. The number of benzene rings is 2. The van der Waals surface area contributed by atoms with E-state index in [1.807, 2.05) is 18.2 Å². The number of carboxylic acid groups (broad SMARTS) is 1. The van der Waals surface area contributed by atoms with Crippen molar-refractivity contribution in [1.82, 2.24) is 0 Å². The molecule has 0 radical (unpaired) electrons. The largest absolute Gasteiger partial charge is 0.478 e. The summed E-state index contributed by atoms with van der Waals surface area (Å²) in [6.45, 7) is 17.5. The number of carboxylic acids is 1. The van der Waals surface area contributed by atoms with Crippen LogP contribution in [0.25, 0.3) is 5.57 Å². The second-order valence-electron chi connectivity index (χ2n) is 9.66. The minimum atomic E-state index is -2.08. The molecule has 0 amide bonds. The summed E-state index contributed by atoms with van der Waals surface area (Å²) in [6, 6.07) is 14.2. The molecule has 1 aliphatic carbocycles. The smallest absolute Gasteiger partial charge is 0.336 e. The van der Waals surface area contributed by atoms with Crippen LogP contribution in [0.1, 0.15) is 49.2 Å². The van der Waals surface area contributed by atoms with E-state index in [1.165, 1.54) is 32.9 Å². The molecule has 0 aromatic heterocycles. The Hall–Kier alpha value is -3.18. The summed E-state index contributed by atoms with van der Waals surface area (Å²) in [7, 11) is -2.08. The molecule has 5 heteroatoms. The number of carbonyl (C=O) groups is 1. The number of fused-ring (bicyclic) bond motifs is 2. The normalized spacial score (nSPS) is 15.9. The van der Waals surface area contributed by atoms with Gasteiger partial charge in [-0.15, -0.1) is 0 Å². The first-order chi connectivity index (χ1) is 16.8. The Balaban J connectivity index is 2.09. The van der Waals surface area contributed by atoms with Gasteiger partial charge in [-0.3, -0.25) is 0 Å². The molecule has 2 aromatic rings. The maximum Gasteiger partial charge on any atom is 0.336 e. The Morgan fingerprint density at radius 1 is 0.943 bits per heavy atom.